The van der Waals surface area contributed by atoms with E-state index in [-0.39, 0.29) is 24.2 Å². The van der Waals surface area contributed by atoms with Gasteiger partial charge in [-0.2, -0.15) is 0 Å². The van der Waals surface area contributed by atoms with Gasteiger partial charge in [0.25, 0.3) is 0 Å². The van der Waals surface area contributed by atoms with E-state index in [9.17, 15) is 24.9 Å². The Morgan fingerprint density at radius 2 is 2.03 bits per heavy atom. The zero-order valence-electron chi connectivity index (χ0n) is 21.1. The number of aliphatic hydroxyl groups is 2. The smallest absolute Gasteiger partial charge is 0.233 e. The molecule has 7 nitrogen and oxygen atoms in total. The molecule has 37 heavy (non-hydrogen) atoms. The summed E-state index contributed by atoms with van der Waals surface area (Å²) < 4.78 is 0. The molecule has 1 aromatic heterocycles. The topological polar surface area (TPSA) is 111 Å². The molecule has 4 rings (SSSR count). The number of aromatic hydroxyl groups is 1. The Bertz CT molecular complexity index is 1230. The number of aliphatic hydroxyl groups excluding tert-OH is 2. The van der Waals surface area contributed by atoms with E-state index in [2.05, 4.69) is 4.98 Å². The van der Waals surface area contributed by atoms with E-state index in [4.69, 9.17) is 11.6 Å². The van der Waals surface area contributed by atoms with Gasteiger partial charge in [-0.1, -0.05) is 36.6 Å². The first kappa shape index (κ1) is 27.0. The van der Waals surface area contributed by atoms with Gasteiger partial charge < -0.3 is 15.3 Å². The van der Waals surface area contributed by atoms with Gasteiger partial charge in [0.15, 0.2) is 0 Å². The van der Waals surface area contributed by atoms with Gasteiger partial charge in [-0.25, -0.2) is 0 Å². The highest BCUT2D eigenvalue weighted by atomic mass is 35.5. The molecule has 0 bridgehead atoms. The molecule has 8 heteroatoms. The largest absolute Gasteiger partial charge is 0.508 e. The van der Waals surface area contributed by atoms with Crippen LogP contribution in [-0.2, 0) is 9.59 Å². The summed E-state index contributed by atoms with van der Waals surface area (Å²) in [5.41, 5.74) is 3.97. The van der Waals surface area contributed by atoms with Crippen LogP contribution in [0.5, 0.6) is 5.75 Å². The SMILES string of the molecule is CCCC1=C([C@H](O)CC/C(=C/c2ccc(O)cc2Cl)c2ccccn2)[C@H](CO)[C@@H]2C(=O)N(C)C(=O)[C@@H]2C1. The van der Waals surface area contributed by atoms with E-state index in [1.165, 1.54) is 18.0 Å². The van der Waals surface area contributed by atoms with Crippen LogP contribution in [0.3, 0.4) is 0 Å². The number of carbonyl (C=O) groups excluding carboxylic acids is 2. The van der Waals surface area contributed by atoms with Crippen LogP contribution in [0.15, 0.2) is 53.7 Å². The maximum Gasteiger partial charge on any atom is 0.233 e. The van der Waals surface area contributed by atoms with Crippen molar-refractivity contribution in [1.82, 2.24) is 9.88 Å². The zero-order valence-corrected chi connectivity index (χ0v) is 21.9. The molecule has 2 amide bonds. The van der Waals surface area contributed by atoms with Gasteiger partial charge >= 0.3 is 0 Å². The van der Waals surface area contributed by atoms with Gasteiger partial charge in [-0.15, -0.1) is 0 Å². The Kier molecular flexibility index (Phi) is 8.47. The number of phenols is 1. The maximum absolute atomic E-state index is 12.9. The van der Waals surface area contributed by atoms with E-state index >= 15 is 0 Å². The van der Waals surface area contributed by atoms with Crippen LogP contribution in [0.25, 0.3) is 11.6 Å². The summed E-state index contributed by atoms with van der Waals surface area (Å²) in [7, 11) is 1.49. The Hall–Kier alpha value is -3.00. The van der Waals surface area contributed by atoms with Gasteiger partial charge in [0, 0.05) is 19.2 Å². The minimum absolute atomic E-state index is 0.0728. The fraction of sp³-hybridized carbons (Fsp3) is 0.414. The number of hydrogen-bond donors (Lipinski definition) is 3. The standard InChI is InChI=1S/C29H33ClN2O5/c1-3-6-19-14-21-27(29(37)32(2)28(21)36)22(16-33)26(19)25(35)11-9-18(24-7-4-5-12-31-24)13-17-8-10-20(34)15-23(17)30/h4-5,7-8,10,12-13,15,21-22,25,27,33-35H,3,6,9,11,14,16H2,1-2H3/b18-13-/t21-,22+,25-,27-/m1/s1. The van der Waals surface area contributed by atoms with Crippen LogP contribution in [0.2, 0.25) is 5.02 Å². The van der Waals surface area contributed by atoms with Crippen molar-refractivity contribution in [2.24, 2.45) is 17.8 Å². The summed E-state index contributed by atoms with van der Waals surface area (Å²) in [5.74, 6) is -2.14. The Labute approximate surface area is 222 Å². The van der Waals surface area contributed by atoms with Crippen molar-refractivity contribution in [3.05, 3.63) is 70.0 Å². The van der Waals surface area contributed by atoms with E-state index in [1.807, 2.05) is 31.2 Å². The molecule has 0 radical (unpaired) electrons. The third kappa shape index (κ3) is 5.49. The van der Waals surface area contributed by atoms with Crippen LogP contribution >= 0.6 is 11.6 Å². The van der Waals surface area contributed by atoms with Crippen molar-refractivity contribution >= 4 is 35.1 Å². The maximum atomic E-state index is 12.9. The van der Waals surface area contributed by atoms with Gasteiger partial charge in [0.1, 0.15) is 5.75 Å². The summed E-state index contributed by atoms with van der Waals surface area (Å²) in [6.07, 6.45) is 5.46. The first-order chi connectivity index (χ1) is 17.8. The highest BCUT2D eigenvalue weighted by Gasteiger charge is 2.53. The predicted molar refractivity (Wildman–Crippen MR) is 142 cm³/mol. The molecular formula is C29H33ClN2O5. The lowest BCUT2D eigenvalue weighted by atomic mass is 9.67. The van der Waals surface area contributed by atoms with E-state index in [0.717, 1.165) is 23.3 Å². The number of rotatable bonds is 9. The fourth-order valence-corrected chi connectivity index (χ4v) is 5.98. The number of aromatic nitrogens is 1. The number of carbonyl (C=O) groups is 2. The number of likely N-dealkylation sites (tertiary alicyclic amines) is 1. The Morgan fingerprint density at radius 1 is 1.24 bits per heavy atom. The quantitative estimate of drug-likeness (QED) is 0.330. The summed E-state index contributed by atoms with van der Waals surface area (Å²) in [6, 6.07) is 10.4. The number of nitrogens with zero attached hydrogens (tertiary/aromatic N) is 2. The van der Waals surface area contributed by atoms with Gasteiger partial charge in [0.2, 0.25) is 11.8 Å². The molecular weight excluding hydrogens is 492 g/mol. The van der Waals surface area contributed by atoms with E-state index < -0.39 is 23.9 Å². The highest BCUT2D eigenvalue weighted by Crippen LogP contribution is 2.47. The molecule has 0 saturated carbocycles. The van der Waals surface area contributed by atoms with Crippen molar-refractivity contribution in [3.63, 3.8) is 0 Å². The molecule has 1 fully saturated rings. The summed E-state index contributed by atoms with van der Waals surface area (Å²) in [6.45, 7) is 1.73. The average Bonchev–Trinajstić information content (AvgIpc) is 3.11. The number of halogens is 1. The number of pyridine rings is 1. The minimum atomic E-state index is -0.893. The fourth-order valence-electron chi connectivity index (χ4n) is 5.75. The lowest BCUT2D eigenvalue weighted by Crippen LogP contribution is -2.39. The second-order valence-electron chi connectivity index (χ2n) is 9.81. The van der Waals surface area contributed by atoms with E-state index in [1.54, 1.807) is 18.3 Å². The predicted octanol–water partition coefficient (Wildman–Crippen LogP) is 4.46. The molecule has 2 heterocycles. The monoisotopic (exact) mass is 524 g/mol. The number of hydrogen-bond acceptors (Lipinski definition) is 6. The number of imide groups is 1. The van der Waals surface area contributed by atoms with Crippen LogP contribution in [0.1, 0.15) is 50.3 Å². The molecule has 3 N–H and O–H groups in total. The molecule has 4 atom stereocenters. The zero-order chi connectivity index (χ0) is 26.7. The van der Waals surface area contributed by atoms with Crippen molar-refractivity contribution in [1.29, 1.82) is 0 Å². The van der Waals surface area contributed by atoms with Crippen molar-refractivity contribution in [2.45, 2.75) is 45.1 Å². The van der Waals surface area contributed by atoms with Crippen LogP contribution in [0, 0.1) is 17.8 Å². The number of allylic oxidation sites excluding steroid dienone is 2. The highest BCUT2D eigenvalue weighted by molar-refractivity contribution is 6.32. The normalized spacial score (nSPS) is 23.0. The second kappa shape index (κ2) is 11.6. The van der Waals surface area contributed by atoms with Crippen LogP contribution in [-0.4, -0.2) is 56.8 Å². The number of fused-ring (bicyclic) bond motifs is 1. The lowest BCUT2D eigenvalue weighted by molar-refractivity contribution is -0.138. The molecule has 1 aliphatic carbocycles. The molecule has 196 valence electrons. The van der Waals surface area contributed by atoms with Crippen LogP contribution in [0.4, 0.5) is 0 Å². The third-order valence-electron chi connectivity index (χ3n) is 7.51. The first-order valence-electron chi connectivity index (χ1n) is 12.7. The average molecular weight is 525 g/mol. The molecule has 1 saturated heterocycles. The second-order valence-corrected chi connectivity index (χ2v) is 10.2. The number of phenolic OH excluding ortho intramolecular Hbond substituents is 1. The lowest BCUT2D eigenvalue weighted by Gasteiger charge is -2.36. The first-order valence-corrected chi connectivity index (χ1v) is 13.1. The molecule has 2 aliphatic rings. The molecule has 1 aliphatic heterocycles. The molecule has 0 spiro atoms. The minimum Gasteiger partial charge on any atom is -0.508 e. The Morgan fingerprint density at radius 3 is 2.68 bits per heavy atom. The molecule has 2 aromatic rings. The molecule has 0 unspecified atom stereocenters. The number of benzene rings is 1. The summed E-state index contributed by atoms with van der Waals surface area (Å²) >= 11 is 6.35. The summed E-state index contributed by atoms with van der Waals surface area (Å²) in [5, 5.41) is 31.9. The van der Waals surface area contributed by atoms with E-state index in [0.29, 0.717) is 41.8 Å². The third-order valence-corrected chi connectivity index (χ3v) is 7.83. The van der Waals surface area contributed by atoms with Crippen molar-refractivity contribution < 1.29 is 24.9 Å². The molecule has 1 aromatic carbocycles. The van der Waals surface area contributed by atoms with Gasteiger partial charge in [-0.3, -0.25) is 19.5 Å². The van der Waals surface area contributed by atoms with Gasteiger partial charge in [-0.05, 0) is 78.8 Å². The number of amides is 2. The Balaban J connectivity index is 1.65. The van der Waals surface area contributed by atoms with Crippen molar-refractivity contribution in [2.75, 3.05) is 13.7 Å². The summed E-state index contributed by atoms with van der Waals surface area (Å²) in [4.78, 5) is 31.3. The van der Waals surface area contributed by atoms with Crippen LogP contribution < -0.4 is 0 Å². The van der Waals surface area contributed by atoms with Crippen molar-refractivity contribution in [3.8, 4) is 5.75 Å². The van der Waals surface area contributed by atoms with Gasteiger partial charge in [0.05, 0.1) is 35.3 Å².